The van der Waals surface area contributed by atoms with Gasteiger partial charge in [-0.3, -0.25) is 4.79 Å². The van der Waals surface area contributed by atoms with Crippen molar-refractivity contribution in [1.82, 2.24) is 4.98 Å². The average Bonchev–Trinajstić information content (AvgIpc) is 2.55. The van der Waals surface area contributed by atoms with Gasteiger partial charge in [0.2, 0.25) is 0 Å². The van der Waals surface area contributed by atoms with Crippen LogP contribution in [0, 0.1) is 0 Å². The van der Waals surface area contributed by atoms with E-state index in [-0.39, 0.29) is 0 Å². The summed E-state index contributed by atoms with van der Waals surface area (Å²) in [5, 5.41) is 10.7. The summed E-state index contributed by atoms with van der Waals surface area (Å²) in [6.07, 6.45) is 1.60. The Morgan fingerprint density at radius 1 is 1.62 bits per heavy atom. The minimum atomic E-state index is -1.54. The molecule has 13 heavy (non-hydrogen) atoms. The van der Waals surface area contributed by atoms with E-state index in [2.05, 4.69) is 10.3 Å². The fourth-order valence-corrected chi connectivity index (χ4v) is 0.731. The number of H-pyrrole nitrogens is 1. The zero-order chi connectivity index (χ0) is 9.84. The van der Waals surface area contributed by atoms with Crippen LogP contribution in [0.4, 0.5) is 5.82 Å². The highest BCUT2D eigenvalue weighted by molar-refractivity contribution is 6.07. The summed E-state index contributed by atoms with van der Waals surface area (Å²) in [6.45, 7) is 0. The van der Waals surface area contributed by atoms with Crippen LogP contribution in [0.2, 0.25) is 0 Å². The number of hydrogen-bond acceptors (Lipinski definition) is 3. The van der Waals surface area contributed by atoms with E-state index in [0.29, 0.717) is 5.82 Å². The van der Waals surface area contributed by atoms with E-state index < -0.39 is 17.9 Å². The first-order valence-electron chi connectivity index (χ1n) is 3.54. The van der Waals surface area contributed by atoms with E-state index in [1.54, 1.807) is 18.3 Å². The minimum Gasteiger partial charge on any atom is -0.480 e. The molecule has 0 spiro atoms. The Hall–Kier alpha value is -1.82. The molecule has 1 unspecified atom stereocenters. The lowest BCUT2D eigenvalue weighted by atomic mass is 10.3. The molecule has 0 bridgehead atoms. The number of carboxylic acids is 1. The summed E-state index contributed by atoms with van der Waals surface area (Å²) in [4.78, 5) is 24.0. The van der Waals surface area contributed by atoms with Crippen LogP contribution < -0.4 is 11.1 Å². The highest BCUT2D eigenvalue weighted by atomic mass is 16.4. The lowest BCUT2D eigenvalue weighted by molar-refractivity contribution is -0.141. The van der Waals surface area contributed by atoms with Gasteiger partial charge in [-0.1, -0.05) is 0 Å². The number of rotatable bonds is 3. The lowest BCUT2D eigenvalue weighted by Crippen LogP contribution is -2.42. The number of carboxylic acid groups (broad SMARTS) is 1. The number of nitrogens with one attached hydrogen (secondary N) is 2. The van der Waals surface area contributed by atoms with Crippen molar-refractivity contribution in [2.75, 3.05) is 5.32 Å². The van der Waals surface area contributed by atoms with Gasteiger partial charge in [0.05, 0.1) is 0 Å². The Bertz CT molecular complexity index is 307. The number of carbonyl (C=O) groups is 2. The number of hydrogen-bond donors (Lipinski definition) is 4. The standard InChI is InChI=1S/C7H9N3O3/c8-5(7(12)13)6(11)10-4-2-1-3-9-4/h1-3,5,9H,8H2,(H,10,11)(H,12,13). The smallest absolute Gasteiger partial charge is 0.330 e. The van der Waals surface area contributed by atoms with Gasteiger partial charge >= 0.3 is 5.97 Å². The molecule has 1 atom stereocenters. The van der Waals surface area contributed by atoms with Gasteiger partial charge in [-0.15, -0.1) is 0 Å². The van der Waals surface area contributed by atoms with Crippen LogP contribution in [-0.2, 0) is 9.59 Å². The third-order valence-corrected chi connectivity index (χ3v) is 1.40. The highest BCUT2D eigenvalue weighted by Gasteiger charge is 2.20. The molecule has 0 fully saturated rings. The Labute approximate surface area is 73.7 Å². The van der Waals surface area contributed by atoms with Gasteiger partial charge in [0.1, 0.15) is 5.82 Å². The zero-order valence-electron chi connectivity index (χ0n) is 6.65. The molecule has 0 aliphatic carbocycles. The third kappa shape index (κ3) is 2.31. The first-order chi connectivity index (χ1) is 6.11. The fraction of sp³-hybridized carbons (Fsp3) is 0.143. The van der Waals surface area contributed by atoms with Crippen molar-refractivity contribution in [3.8, 4) is 0 Å². The van der Waals surface area contributed by atoms with Crippen molar-refractivity contribution in [3.63, 3.8) is 0 Å². The Kier molecular flexibility index (Phi) is 2.65. The van der Waals surface area contributed by atoms with Crippen LogP contribution in [0.15, 0.2) is 18.3 Å². The highest BCUT2D eigenvalue weighted by Crippen LogP contribution is 2.00. The molecule has 0 aliphatic rings. The number of anilines is 1. The largest absolute Gasteiger partial charge is 0.480 e. The molecule has 70 valence electrons. The Morgan fingerprint density at radius 3 is 2.77 bits per heavy atom. The van der Waals surface area contributed by atoms with Crippen molar-refractivity contribution < 1.29 is 14.7 Å². The quantitative estimate of drug-likeness (QED) is 0.467. The van der Waals surface area contributed by atoms with Gasteiger partial charge < -0.3 is 21.1 Å². The molecular weight excluding hydrogens is 174 g/mol. The topological polar surface area (TPSA) is 108 Å². The molecule has 0 saturated heterocycles. The summed E-state index contributed by atoms with van der Waals surface area (Å²) >= 11 is 0. The monoisotopic (exact) mass is 183 g/mol. The van der Waals surface area contributed by atoms with Crippen LogP contribution in [0.25, 0.3) is 0 Å². The fourth-order valence-electron chi connectivity index (χ4n) is 0.731. The number of aromatic amines is 1. The maximum atomic E-state index is 11.0. The summed E-state index contributed by atoms with van der Waals surface area (Å²) in [6, 6.07) is 1.72. The Balaban J connectivity index is 2.56. The molecule has 0 saturated carbocycles. The van der Waals surface area contributed by atoms with Crippen LogP contribution in [0.3, 0.4) is 0 Å². The number of aliphatic carboxylic acids is 1. The van der Waals surface area contributed by atoms with Crippen molar-refractivity contribution in [1.29, 1.82) is 0 Å². The minimum absolute atomic E-state index is 0.418. The van der Waals surface area contributed by atoms with Gasteiger partial charge in [-0.05, 0) is 12.1 Å². The van der Waals surface area contributed by atoms with E-state index in [1.807, 2.05) is 0 Å². The second-order valence-corrected chi connectivity index (χ2v) is 2.39. The van der Waals surface area contributed by atoms with E-state index in [4.69, 9.17) is 10.8 Å². The lowest BCUT2D eigenvalue weighted by Gasteiger charge is -2.05. The third-order valence-electron chi connectivity index (χ3n) is 1.40. The molecule has 1 amide bonds. The maximum absolute atomic E-state index is 11.0. The zero-order valence-corrected chi connectivity index (χ0v) is 6.65. The molecular formula is C7H9N3O3. The predicted octanol–water partition coefficient (Wildman–Crippen LogP) is -0.635. The second kappa shape index (κ2) is 3.72. The Morgan fingerprint density at radius 2 is 2.31 bits per heavy atom. The van der Waals surface area contributed by atoms with E-state index in [0.717, 1.165) is 0 Å². The van der Waals surface area contributed by atoms with Crippen LogP contribution >= 0.6 is 0 Å². The maximum Gasteiger partial charge on any atom is 0.330 e. The SMILES string of the molecule is NC(C(=O)O)C(=O)Nc1ccc[nH]1. The predicted molar refractivity (Wildman–Crippen MR) is 45.0 cm³/mol. The van der Waals surface area contributed by atoms with E-state index >= 15 is 0 Å². The molecule has 1 heterocycles. The summed E-state index contributed by atoms with van der Waals surface area (Å²) in [5.74, 6) is -1.69. The van der Waals surface area contributed by atoms with Gasteiger partial charge in [-0.25, -0.2) is 4.79 Å². The van der Waals surface area contributed by atoms with Crippen LogP contribution in [0.5, 0.6) is 0 Å². The first kappa shape index (κ1) is 9.27. The molecule has 0 aliphatic heterocycles. The molecule has 0 radical (unpaired) electrons. The molecule has 1 aromatic heterocycles. The molecule has 6 heteroatoms. The van der Waals surface area contributed by atoms with Crippen LogP contribution in [0.1, 0.15) is 0 Å². The van der Waals surface area contributed by atoms with Gasteiger partial charge in [0.25, 0.3) is 5.91 Å². The summed E-state index contributed by atoms with van der Waals surface area (Å²) in [5.41, 5.74) is 5.05. The van der Waals surface area contributed by atoms with Gasteiger partial charge in [0.15, 0.2) is 6.04 Å². The van der Waals surface area contributed by atoms with Crippen molar-refractivity contribution in [3.05, 3.63) is 18.3 Å². The second-order valence-electron chi connectivity index (χ2n) is 2.39. The number of carbonyl (C=O) groups excluding carboxylic acids is 1. The average molecular weight is 183 g/mol. The van der Waals surface area contributed by atoms with Gasteiger partial charge in [0, 0.05) is 6.20 Å². The molecule has 1 aromatic rings. The number of aromatic nitrogens is 1. The van der Waals surface area contributed by atoms with Gasteiger partial charge in [-0.2, -0.15) is 0 Å². The summed E-state index contributed by atoms with van der Waals surface area (Å²) < 4.78 is 0. The van der Waals surface area contributed by atoms with Crippen molar-refractivity contribution >= 4 is 17.7 Å². The van der Waals surface area contributed by atoms with Crippen molar-refractivity contribution in [2.24, 2.45) is 5.73 Å². The molecule has 6 nitrogen and oxygen atoms in total. The normalized spacial score (nSPS) is 12.1. The van der Waals surface area contributed by atoms with E-state index in [9.17, 15) is 9.59 Å². The van der Waals surface area contributed by atoms with Crippen molar-refractivity contribution in [2.45, 2.75) is 6.04 Å². The number of nitrogens with two attached hydrogens (primary N) is 1. The molecule has 5 N–H and O–H groups in total. The van der Waals surface area contributed by atoms with Crippen LogP contribution in [-0.4, -0.2) is 28.0 Å². The molecule has 1 rings (SSSR count). The molecule has 0 aromatic carbocycles. The number of amides is 1. The first-order valence-corrected chi connectivity index (χ1v) is 3.54. The van der Waals surface area contributed by atoms with E-state index in [1.165, 1.54) is 0 Å². The summed E-state index contributed by atoms with van der Waals surface area (Å²) in [7, 11) is 0.